The minimum atomic E-state index is -0.871. The van der Waals surface area contributed by atoms with Gasteiger partial charge in [0, 0.05) is 5.56 Å². The fourth-order valence-corrected chi connectivity index (χ4v) is 2.20. The Hall–Kier alpha value is -1.49. The summed E-state index contributed by atoms with van der Waals surface area (Å²) < 4.78 is 30.9. The van der Waals surface area contributed by atoms with Gasteiger partial charge >= 0.3 is 0 Å². The van der Waals surface area contributed by atoms with Gasteiger partial charge in [0.1, 0.15) is 5.01 Å². The summed E-state index contributed by atoms with van der Waals surface area (Å²) in [5, 5.41) is 1.30. The fourth-order valence-electron chi connectivity index (χ4n) is 1.32. The standard InChI is InChI=1S/C11H9F2NOS/c1-6-11(15-2)16-10(14-6)7-3-4-8(12)9(13)5-7/h3-5H,1-2H3. The first kappa shape index (κ1) is 11.0. The van der Waals surface area contributed by atoms with Gasteiger partial charge in [-0.1, -0.05) is 11.3 Å². The number of aromatic nitrogens is 1. The Labute approximate surface area is 95.5 Å². The highest BCUT2D eigenvalue weighted by atomic mass is 32.1. The number of hydrogen-bond donors (Lipinski definition) is 0. The third-order valence-electron chi connectivity index (χ3n) is 2.11. The Bertz CT molecular complexity index is 525. The Morgan fingerprint density at radius 2 is 2.00 bits per heavy atom. The van der Waals surface area contributed by atoms with Gasteiger partial charge in [-0.25, -0.2) is 13.8 Å². The van der Waals surface area contributed by atoms with Crippen LogP contribution >= 0.6 is 11.3 Å². The second-order valence-corrected chi connectivity index (χ2v) is 4.19. The molecule has 0 saturated carbocycles. The Balaban J connectivity index is 2.46. The van der Waals surface area contributed by atoms with Crippen LogP contribution in [0.15, 0.2) is 18.2 Å². The molecule has 0 amide bonds. The molecule has 1 heterocycles. The number of ether oxygens (including phenoxy) is 1. The van der Waals surface area contributed by atoms with Crippen molar-refractivity contribution in [3.63, 3.8) is 0 Å². The summed E-state index contributed by atoms with van der Waals surface area (Å²) in [5.74, 6) is -1.73. The minimum absolute atomic E-state index is 0.551. The third kappa shape index (κ3) is 1.90. The maximum absolute atomic E-state index is 13.0. The van der Waals surface area contributed by atoms with Crippen molar-refractivity contribution in [3.8, 4) is 15.6 Å². The van der Waals surface area contributed by atoms with Crippen molar-refractivity contribution >= 4 is 11.3 Å². The van der Waals surface area contributed by atoms with Crippen LogP contribution in [0.2, 0.25) is 0 Å². The van der Waals surface area contributed by atoms with Crippen LogP contribution < -0.4 is 4.74 Å². The summed E-state index contributed by atoms with van der Waals surface area (Å²) in [4.78, 5) is 4.23. The zero-order valence-electron chi connectivity index (χ0n) is 8.75. The second-order valence-electron chi connectivity index (χ2n) is 3.22. The van der Waals surface area contributed by atoms with Crippen molar-refractivity contribution in [2.45, 2.75) is 6.92 Å². The van der Waals surface area contributed by atoms with Gasteiger partial charge in [0.05, 0.1) is 12.8 Å². The first-order chi connectivity index (χ1) is 7.61. The molecule has 0 spiro atoms. The van der Waals surface area contributed by atoms with Crippen LogP contribution in [0.3, 0.4) is 0 Å². The molecule has 5 heteroatoms. The SMILES string of the molecule is COc1sc(-c2ccc(F)c(F)c2)nc1C. The van der Waals surface area contributed by atoms with E-state index in [0.29, 0.717) is 15.6 Å². The van der Waals surface area contributed by atoms with Crippen LogP contribution in [0.1, 0.15) is 5.69 Å². The van der Waals surface area contributed by atoms with Crippen LogP contribution in [0, 0.1) is 18.6 Å². The van der Waals surface area contributed by atoms with E-state index in [0.717, 1.165) is 17.8 Å². The van der Waals surface area contributed by atoms with Gasteiger partial charge in [0.2, 0.25) is 0 Å². The number of halogens is 2. The normalized spacial score (nSPS) is 10.5. The quantitative estimate of drug-likeness (QED) is 0.803. The molecule has 2 rings (SSSR count). The van der Waals surface area contributed by atoms with E-state index in [1.165, 1.54) is 17.4 Å². The zero-order chi connectivity index (χ0) is 11.7. The number of aryl methyl sites for hydroxylation is 1. The predicted octanol–water partition coefficient (Wildman–Crippen LogP) is 3.41. The molecular formula is C11H9F2NOS. The molecule has 2 aromatic rings. The maximum atomic E-state index is 13.0. The molecule has 0 aliphatic carbocycles. The maximum Gasteiger partial charge on any atom is 0.197 e. The first-order valence-electron chi connectivity index (χ1n) is 4.58. The van der Waals surface area contributed by atoms with Crippen LogP contribution in [0.25, 0.3) is 10.6 Å². The van der Waals surface area contributed by atoms with Crippen molar-refractivity contribution < 1.29 is 13.5 Å². The highest BCUT2D eigenvalue weighted by Crippen LogP contribution is 2.33. The lowest BCUT2D eigenvalue weighted by Crippen LogP contribution is -1.85. The van der Waals surface area contributed by atoms with E-state index >= 15 is 0 Å². The Morgan fingerprint density at radius 3 is 2.56 bits per heavy atom. The predicted molar refractivity (Wildman–Crippen MR) is 58.8 cm³/mol. The summed E-state index contributed by atoms with van der Waals surface area (Å²) in [6, 6.07) is 3.72. The number of hydrogen-bond acceptors (Lipinski definition) is 3. The van der Waals surface area contributed by atoms with Gasteiger partial charge in [0.25, 0.3) is 0 Å². The van der Waals surface area contributed by atoms with Crippen LogP contribution in [0.5, 0.6) is 5.06 Å². The average Bonchev–Trinajstić information content (AvgIpc) is 2.64. The van der Waals surface area contributed by atoms with Crippen molar-refractivity contribution in [3.05, 3.63) is 35.5 Å². The van der Waals surface area contributed by atoms with Gasteiger partial charge in [-0.15, -0.1) is 0 Å². The van der Waals surface area contributed by atoms with Crippen molar-refractivity contribution in [1.82, 2.24) is 4.98 Å². The molecule has 0 unspecified atom stereocenters. The molecule has 84 valence electrons. The lowest BCUT2D eigenvalue weighted by atomic mass is 10.2. The van der Waals surface area contributed by atoms with E-state index in [-0.39, 0.29) is 0 Å². The molecule has 0 bridgehead atoms. The van der Waals surface area contributed by atoms with Gasteiger partial charge in [-0.05, 0) is 25.1 Å². The molecule has 1 aromatic carbocycles. The molecule has 0 fully saturated rings. The lowest BCUT2D eigenvalue weighted by molar-refractivity contribution is 0.423. The van der Waals surface area contributed by atoms with Gasteiger partial charge in [-0.3, -0.25) is 0 Å². The summed E-state index contributed by atoms with van der Waals surface area (Å²) >= 11 is 1.30. The molecule has 0 saturated heterocycles. The average molecular weight is 241 g/mol. The fraction of sp³-hybridized carbons (Fsp3) is 0.182. The molecule has 0 aliphatic heterocycles. The van der Waals surface area contributed by atoms with E-state index in [1.807, 2.05) is 0 Å². The van der Waals surface area contributed by atoms with E-state index in [4.69, 9.17) is 4.74 Å². The smallest absolute Gasteiger partial charge is 0.197 e. The molecule has 0 atom stereocenters. The zero-order valence-corrected chi connectivity index (χ0v) is 9.57. The molecule has 2 nitrogen and oxygen atoms in total. The van der Waals surface area contributed by atoms with Crippen molar-refractivity contribution in [2.75, 3.05) is 7.11 Å². The summed E-state index contributed by atoms with van der Waals surface area (Å²) in [7, 11) is 1.55. The third-order valence-corrected chi connectivity index (χ3v) is 3.27. The van der Waals surface area contributed by atoms with E-state index < -0.39 is 11.6 Å². The Kier molecular flexibility index (Phi) is 2.87. The molecule has 0 radical (unpaired) electrons. The largest absolute Gasteiger partial charge is 0.486 e. The molecule has 0 aliphatic rings. The van der Waals surface area contributed by atoms with Crippen LogP contribution in [-0.2, 0) is 0 Å². The highest BCUT2D eigenvalue weighted by molar-refractivity contribution is 7.17. The second kappa shape index (κ2) is 4.17. The molecular weight excluding hydrogens is 232 g/mol. The molecule has 16 heavy (non-hydrogen) atoms. The molecule has 0 N–H and O–H groups in total. The monoisotopic (exact) mass is 241 g/mol. The number of methoxy groups -OCH3 is 1. The number of nitrogens with zero attached hydrogens (tertiary/aromatic N) is 1. The Morgan fingerprint density at radius 1 is 1.25 bits per heavy atom. The summed E-state index contributed by atoms with van der Waals surface area (Å²) in [6.07, 6.45) is 0. The van der Waals surface area contributed by atoms with Crippen LogP contribution in [-0.4, -0.2) is 12.1 Å². The van der Waals surface area contributed by atoms with Crippen molar-refractivity contribution in [1.29, 1.82) is 0 Å². The topological polar surface area (TPSA) is 22.1 Å². The summed E-state index contributed by atoms with van der Waals surface area (Å²) in [5.41, 5.74) is 1.29. The highest BCUT2D eigenvalue weighted by Gasteiger charge is 2.11. The van der Waals surface area contributed by atoms with Gasteiger partial charge < -0.3 is 4.74 Å². The lowest BCUT2D eigenvalue weighted by Gasteiger charge is -1.96. The van der Waals surface area contributed by atoms with E-state index in [2.05, 4.69) is 4.98 Å². The number of rotatable bonds is 2. The van der Waals surface area contributed by atoms with Crippen molar-refractivity contribution in [2.24, 2.45) is 0 Å². The summed E-state index contributed by atoms with van der Waals surface area (Å²) in [6.45, 7) is 1.80. The number of thiazole rings is 1. The van der Waals surface area contributed by atoms with Crippen LogP contribution in [0.4, 0.5) is 8.78 Å². The first-order valence-corrected chi connectivity index (χ1v) is 5.40. The molecule has 1 aromatic heterocycles. The van der Waals surface area contributed by atoms with E-state index in [9.17, 15) is 8.78 Å². The van der Waals surface area contributed by atoms with E-state index in [1.54, 1.807) is 14.0 Å². The number of benzene rings is 1. The van der Waals surface area contributed by atoms with Gasteiger partial charge in [0.15, 0.2) is 16.7 Å². The van der Waals surface area contributed by atoms with Gasteiger partial charge in [-0.2, -0.15) is 0 Å². The minimum Gasteiger partial charge on any atom is -0.486 e.